The number of unbranched alkanes of at least 4 members (excludes halogenated alkanes) is 1. The number of ether oxygens (including phenoxy) is 3. The van der Waals surface area contributed by atoms with Crippen molar-refractivity contribution in [3.05, 3.63) is 0 Å². The van der Waals surface area contributed by atoms with Gasteiger partial charge in [0.05, 0.1) is 19.3 Å². The van der Waals surface area contributed by atoms with Gasteiger partial charge in [0.15, 0.2) is 0 Å². The number of nitrogens with two attached hydrogens (primary N) is 1. The van der Waals surface area contributed by atoms with Crippen molar-refractivity contribution in [2.24, 2.45) is 5.73 Å². The molecule has 0 aliphatic carbocycles. The molecule has 0 fully saturated rings. The maximum absolute atomic E-state index is 11.5. The van der Waals surface area contributed by atoms with Gasteiger partial charge in [-0.15, -0.1) is 0 Å². The molecular weight excluding hydrogens is 234 g/mol. The van der Waals surface area contributed by atoms with Gasteiger partial charge in [-0.25, -0.2) is 0 Å². The lowest BCUT2D eigenvalue weighted by Gasteiger charge is -2.22. The Morgan fingerprint density at radius 2 is 2.06 bits per heavy atom. The Morgan fingerprint density at radius 1 is 1.39 bits per heavy atom. The number of carbonyl (C=O) groups is 1. The molecule has 2 N–H and O–H groups in total. The van der Waals surface area contributed by atoms with Gasteiger partial charge in [0.25, 0.3) is 0 Å². The lowest BCUT2D eigenvalue weighted by molar-refractivity contribution is -0.149. The van der Waals surface area contributed by atoms with Crippen molar-refractivity contribution < 1.29 is 19.0 Å². The Bertz CT molecular complexity index is 231. The largest absolute Gasteiger partial charge is 0.465 e. The number of esters is 1. The van der Waals surface area contributed by atoms with Crippen LogP contribution in [0.5, 0.6) is 0 Å². The van der Waals surface area contributed by atoms with Crippen molar-refractivity contribution >= 4 is 5.97 Å². The lowest BCUT2D eigenvalue weighted by atomic mass is 9.96. The highest BCUT2D eigenvalue weighted by atomic mass is 16.5. The van der Waals surface area contributed by atoms with Crippen LogP contribution < -0.4 is 5.73 Å². The monoisotopic (exact) mass is 261 g/mol. The SMILES string of the molecule is CCOC(=O)C(C)(N)CCCCOC(C)COC. The van der Waals surface area contributed by atoms with Crippen LogP contribution in [-0.2, 0) is 19.0 Å². The van der Waals surface area contributed by atoms with E-state index in [1.54, 1.807) is 21.0 Å². The van der Waals surface area contributed by atoms with E-state index in [0.717, 1.165) is 12.8 Å². The molecule has 0 saturated carbocycles. The first kappa shape index (κ1) is 17.4. The van der Waals surface area contributed by atoms with Gasteiger partial charge >= 0.3 is 5.97 Å². The topological polar surface area (TPSA) is 70.8 Å². The molecule has 0 aliphatic heterocycles. The maximum Gasteiger partial charge on any atom is 0.325 e. The summed E-state index contributed by atoms with van der Waals surface area (Å²) in [6.45, 7) is 7.07. The fourth-order valence-corrected chi connectivity index (χ4v) is 1.56. The van der Waals surface area contributed by atoms with Crippen LogP contribution >= 0.6 is 0 Å². The highest BCUT2D eigenvalue weighted by Gasteiger charge is 2.28. The molecule has 5 heteroatoms. The van der Waals surface area contributed by atoms with E-state index in [2.05, 4.69) is 0 Å². The van der Waals surface area contributed by atoms with Gasteiger partial charge in [-0.2, -0.15) is 0 Å². The van der Waals surface area contributed by atoms with Gasteiger partial charge in [0, 0.05) is 13.7 Å². The molecule has 2 atom stereocenters. The molecule has 0 bridgehead atoms. The van der Waals surface area contributed by atoms with Crippen LogP contribution in [0, 0.1) is 0 Å². The van der Waals surface area contributed by atoms with Crippen LogP contribution in [0.2, 0.25) is 0 Å². The van der Waals surface area contributed by atoms with Crippen molar-refractivity contribution in [2.75, 3.05) is 26.9 Å². The predicted octanol–water partition coefficient (Wildman–Crippen LogP) is 1.49. The normalized spacial score (nSPS) is 16.1. The van der Waals surface area contributed by atoms with Crippen molar-refractivity contribution in [2.45, 2.75) is 51.7 Å². The number of rotatable bonds is 10. The van der Waals surface area contributed by atoms with E-state index in [0.29, 0.717) is 26.2 Å². The van der Waals surface area contributed by atoms with Crippen LogP contribution in [0.4, 0.5) is 0 Å². The summed E-state index contributed by atoms with van der Waals surface area (Å²) >= 11 is 0. The zero-order valence-corrected chi connectivity index (χ0v) is 12.0. The Balaban J connectivity index is 3.67. The van der Waals surface area contributed by atoms with E-state index in [9.17, 15) is 4.79 Å². The summed E-state index contributed by atoms with van der Waals surface area (Å²) in [7, 11) is 1.65. The maximum atomic E-state index is 11.5. The Morgan fingerprint density at radius 3 is 2.61 bits per heavy atom. The molecule has 18 heavy (non-hydrogen) atoms. The third-order valence-electron chi connectivity index (χ3n) is 2.64. The molecule has 5 nitrogen and oxygen atoms in total. The minimum Gasteiger partial charge on any atom is -0.465 e. The van der Waals surface area contributed by atoms with E-state index in [-0.39, 0.29) is 12.1 Å². The minimum absolute atomic E-state index is 0.101. The summed E-state index contributed by atoms with van der Waals surface area (Å²) < 4.78 is 15.4. The van der Waals surface area contributed by atoms with E-state index in [1.807, 2.05) is 6.92 Å². The minimum atomic E-state index is -0.895. The van der Waals surface area contributed by atoms with E-state index >= 15 is 0 Å². The summed E-state index contributed by atoms with van der Waals surface area (Å²) in [5.41, 5.74) is 5.01. The molecular formula is C13H27NO4. The molecule has 0 aromatic carbocycles. The molecule has 2 unspecified atom stereocenters. The third kappa shape index (κ3) is 7.63. The first-order chi connectivity index (χ1) is 8.44. The smallest absolute Gasteiger partial charge is 0.325 e. The average Bonchev–Trinajstić information content (AvgIpc) is 2.29. The Hall–Kier alpha value is -0.650. The number of hydrogen-bond acceptors (Lipinski definition) is 5. The molecule has 0 heterocycles. The quantitative estimate of drug-likeness (QED) is 0.476. The second-order valence-electron chi connectivity index (χ2n) is 4.73. The van der Waals surface area contributed by atoms with Gasteiger partial charge in [0.1, 0.15) is 5.54 Å². The van der Waals surface area contributed by atoms with Crippen LogP contribution in [0.15, 0.2) is 0 Å². The summed E-state index contributed by atoms with van der Waals surface area (Å²) in [5.74, 6) is -0.335. The predicted molar refractivity (Wildman–Crippen MR) is 70.4 cm³/mol. The summed E-state index contributed by atoms with van der Waals surface area (Å²) in [5, 5.41) is 0. The van der Waals surface area contributed by atoms with Crippen molar-refractivity contribution in [1.29, 1.82) is 0 Å². The molecule has 0 radical (unpaired) electrons. The van der Waals surface area contributed by atoms with Gasteiger partial charge in [-0.3, -0.25) is 4.79 Å². The zero-order chi connectivity index (χ0) is 14.0. The highest BCUT2D eigenvalue weighted by Crippen LogP contribution is 2.13. The zero-order valence-electron chi connectivity index (χ0n) is 12.0. The van der Waals surface area contributed by atoms with Crippen LogP contribution in [0.1, 0.15) is 40.0 Å². The second kappa shape index (κ2) is 9.30. The molecule has 0 aromatic rings. The molecule has 0 aromatic heterocycles. The van der Waals surface area contributed by atoms with Gasteiger partial charge in [0.2, 0.25) is 0 Å². The van der Waals surface area contributed by atoms with Crippen LogP contribution in [-0.4, -0.2) is 44.5 Å². The molecule has 0 rings (SSSR count). The Labute approximate surface area is 110 Å². The van der Waals surface area contributed by atoms with Gasteiger partial charge in [-0.1, -0.05) is 0 Å². The first-order valence-electron chi connectivity index (χ1n) is 6.50. The average molecular weight is 261 g/mol. The van der Waals surface area contributed by atoms with Crippen LogP contribution in [0.3, 0.4) is 0 Å². The third-order valence-corrected chi connectivity index (χ3v) is 2.64. The summed E-state index contributed by atoms with van der Waals surface area (Å²) in [6.07, 6.45) is 2.42. The van der Waals surface area contributed by atoms with Crippen molar-refractivity contribution in [3.8, 4) is 0 Å². The van der Waals surface area contributed by atoms with Crippen molar-refractivity contribution in [3.63, 3.8) is 0 Å². The van der Waals surface area contributed by atoms with E-state index in [4.69, 9.17) is 19.9 Å². The van der Waals surface area contributed by atoms with Crippen LogP contribution in [0.25, 0.3) is 0 Å². The highest BCUT2D eigenvalue weighted by molar-refractivity contribution is 5.79. The number of hydrogen-bond donors (Lipinski definition) is 1. The van der Waals surface area contributed by atoms with E-state index in [1.165, 1.54) is 0 Å². The molecule has 0 aliphatic rings. The van der Waals surface area contributed by atoms with Crippen molar-refractivity contribution in [1.82, 2.24) is 0 Å². The van der Waals surface area contributed by atoms with E-state index < -0.39 is 5.54 Å². The summed E-state index contributed by atoms with van der Waals surface area (Å²) in [4.78, 5) is 11.5. The number of carbonyl (C=O) groups excluding carboxylic acids is 1. The van der Waals surface area contributed by atoms with Gasteiger partial charge in [-0.05, 0) is 40.0 Å². The molecule has 0 spiro atoms. The molecule has 108 valence electrons. The second-order valence-corrected chi connectivity index (χ2v) is 4.73. The van der Waals surface area contributed by atoms with Gasteiger partial charge < -0.3 is 19.9 Å². The fraction of sp³-hybridized carbons (Fsp3) is 0.923. The first-order valence-corrected chi connectivity index (χ1v) is 6.50. The molecule has 0 amide bonds. The standard InChI is InChI=1S/C13H27NO4/c1-5-17-12(15)13(3,14)8-6-7-9-18-11(2)10-16-4/h11H,5-10,14H2,1-4H3. The summed E-state index contributed by atoms with van der Waals surface area (Å²) in [6, 6.07) is 0. The fourth-order valence-electron chi connectivity index (χ4n) is 1.56. The molecule has 0 saturated heterocycles. The number of methoxy groups -OCH3 is 1. The lowest BCUT2D eigenvalue weighted by Crippen LogP contribution is -2.46. The Kier molecular flexibility index (Phi) is 8.97.